The van der Waals surface area contributed by atoms with Crippen LogP contribution in [0.5, 0.6) is 0 Å². The normalized spacial score (nSPS) is 10.9. The van der Waals surface area contributed by atoms with Crippen LogP contribution in [0, 0.1) is 0 Å². The van der Waals surface area contributed by atoms with Crippen LogP contribution in [0.1, 0.15) is 56.0 Å². The van der Waals surface area contributed by atoms with E-state index >= 15 is 0 Å². The molecule has 25 heavy (non-hydrogen) atoms. The molecule has 0 saturated heterocycles. The van der Waals surface area contributed by atoms with Crippen LogP contribution >= 0.6 is 0 Å². The largest absolute Gasteiger partial charge is 0.348 e. The molecule has 130 valence electrons. The van der Waals surface area contributed by atoms with Gasteiger partial charge in [0.2, 0.25) is 0 Å². The molecule has 2 aromatic carbocycles. The van der Waals surface area contributed by atoms with Gasteiger partial charge in [-0.1, -0.05) is 87.2 Å². The Balaban J connectivity index is 1.52. The predicted molar refractivity (Wildman–Crippen MR) is 106 cm³/mol. The van der Waals surface area contributed by atoms with E-state index in [4.69, 9.17) is 4.98 Å². The van der Waals surface area contributed by atoms with E-state index in [1.54, 1.807) is 0 Å². The highest BCUT2D eigenvalue weighted by atomic mass is 14.9. The molecule has 0 bridgehead atoms. The molecule has 0 aliphatic heterocycles. The van der Waals surface area contributed by atoms with Gasteiger partial charge in [-0.3, -0.25) is 0 Å². The first-order valence-corrected chi connectivity index (χ1v) is 9.52. The lowest BCUT2D eigenvalue weighted by molar-refractivity contribution is 0.632. The lowest BCUT2D eigenvalue weighted by Gasteiger charge is -2.04. The second-order valence-electron chi connectivity index (χ2n) is 6.76. The molecule has 0 spiro atoms. The highest BCUT2D eigenvalue weighted by Gasteiger charge is 2.04. The molecule has 0 radical (unpaired) electrons. The maximum absolute atomic E-state index is 4.72. The minimum atomic E-state index is 0.851. The van der Waals surface area contributed by atoms with E-state index in [9.17, 15) is 0 Å². The molecule has 2 nitrogen and oxygen atoms in total. The standard InChI is InChI=1S/C23H28N2/c1-2-3-4-5-7-10-19-13-15-20(16-14-19)17-23-24-18-22(25-23)21-11-8-6-9-12-21/h6,8-9,11-16,18H,2-5,7,10,17H2,1H3,(H,24,25). The molecule has 1 heterocycles. The summed E-state index contributed by atoms with van der Waals surface area (Å²) in [4.78, 5) is 8.03. The van der Waals surface area contributed by atoms with Gasteiger partial charge in [0.25, 0.3) is 0 Å². The summed E-state index contributed by atoms with van der Waals surface area (Å²) >= 11 is 0. The number of rotatable bonds is 9. The summed E-state index contributed by atoms with van der Waals surface area (Å²) in [6.45, 7) is 2.26. The third-order valence-corrected chi connectivity index (χ3v) is 4.66. The number of imidazole rings is 1. The SMILES string of the molecule is CCCCCCCc1ccc(Cc2nc(-c3ccccc3)c[nH]2)cc1. The van der Waals surface area contributed by atoms with Crippen molar-refractivity contribution in [3.8, 4) is 11.3 Å². The second-order valence-corrected chi connectivity index (χ2v) is 6.76. The quantitative estimate of drug-likeness (QED) is 0.466. The molecule has 0 unspecified atom stereocenters. The zero-order valence-corrected chi connectivity index (χ0v) is 15.2. The summed E-state index contributed by atoms with van der Waals surface area (Å²) in [5, 5.41) is 0. The van der Waals surface area contributed by atoms with E-state index in [2.05, 4.69) is 48.3 Å². The molecular weight excluding hydrogens is 304 g/mol. The maximum atomic E-state index is 4.72. The lowest BCUT2D eigenvalue weighted by Crippen LogP contribution is -1.92. The van der Waals surface area contributed by atoms with Crippen molar-refractivity contribution in [1.82, 2.24) is 9.97 Å². The highest BCUT2D eigenvalue weighted by Crippen LogP contribution is 2.18. The summed E-state index contributed by atoms with van der Waals surface area (Å²) in [5.41, 5.74) is 4.93. The fourth-order valence-electron chi connectivity index (χ4n) is 3.16. The third kappa shape index (κ3) is 5.32. The number of aromatic nitrogens is 2. The van der Waals surface area contributed by atoms with Crippen molar-refractivity contribution in [2.75, 3.05) is 0 Å². The van der Waals surface area contributed by atoms with Gasteiger partial charge < -0.3 is 4.98 Å². The van der Waals surface area contributed by atoms with Gasteiger partial charge in [0.15, 0.2) is 0 Å². The minimum absolute atomic E-state index is 0.851. The van der Waals surface area contributed by atoms with Crippen LogP contribution in [0.15, 0.2) is 60.8 Å². The van der Waals surface area contributed by atoms with E-state index in [0.29, 0.717) is 0 Å². The zero-order valence-electron chi connectivity index (χ0n) is 15.2. The van der Waals surface area contributed by atoms with E-state index < -0.39 is 0 Å². The van der Waals surface area contributed by atoms with Crippen LogP contribution in [0.3, 0.4) is 0 Å². The molecule has 1 N–H and O–H groups in total. The topological polar surface area (TPSA) is 28.7 Å². The van der Waals surface area contributed by atoms with Gasteiger partial charge in [-0.05, 0) is 24.0 Å². The van der Waals surface area contributed by atoms with Crippen molar-refractivity contribution in [2.24, 2.45) is 0 Å². The van der Waals surface area contributed by atoms with Gasteiger partial charge in [0.05, 0.1) is 5.69 Å². The summed E-state index contributed by atoms with van der Waals surface area (Å²) < 4.78 is 0. The first-order chi connectivity index (χ1) is 12.3. The van der Waals surface area contributed by atoms with Crippen molar-refractivity contribution in [1.29, 1.82) is 0 Å². The van der Waals surface area contributed by atoms with Gasteiger partial charge in [-0.15, -0.1) is 0 Å². The number of hydrogen-bond donors (Lipinski definition) is 1. The molecule has 0 amide bonds. The van der Waals surface area contributed by atoms with Gasteiger partial charge in [-0.2, -0.15) is 0 Å². The van der Waals surface area contributed by atoms with Crippen LogP contribution in [-0.2, 0) is 12.8 Å². The van der Waals surface area contributed by atoms with Crippen molar-refractivity contribution in [2.45, 2.75) is 51.9 Å². The molecule has 0 aliphatic carbocycles. The Bertz CT molecular complexity index is 741. The van der Waals surface area contributed by atoms with Crippen molar-refractivity contribution in [3.63, 3.8) is 0 Å². The highest BCUT2D eigenvalue weighted by molar-refractivity contribution is 5.58. The number of aryl methyl sites for hydroxylation is 1. The minimum Gasteiger partial charge on any atom is -0.348 e. The van der Waals surface area contributed by atoms with Gasteiger partial charge in [0, 0.05) is 18.2 Å². The van der Waals surface area contributed by atoms with Crippen molar-refractivity contribution >= 4 is 0 Å². The van der Waals surface area contributed by atoms with Gasteiger partial charge >= 0.3 is 0 Å². The fourth-order valence-corrected chi connectivity index (χ4v) is 3.16. The van der Waals surface area contributed by atoms with Crippen LogP contribution in [0.2, 0.25) is 0 Å². The van der Waals surface area contributed by atoms with Crippen LogP contribution in [-0.4, -0.2) is 9.97 Å². The number of aromatic amines is 1. The van der Waals surface area contributed by atoms with E-state index in [0.717, 1.165) is 23.5 Å². The molecule has 3 aromatic rings. The molecular formula is C23H28N2. The number of H-pyrrole nitrogens is 1. The lowest BCUT2D eigenvalue weighted by atomic mass is 10.0. The first-order valence-electron chi connectivity index (χ1n) is 9.52. The maximum Gasteiger partial charge on any atom is 0.111 e. The molecule has 0 atom stereocenters. The number of nitrogens with zero attached hydrogens (tertiary/aromatic N) is 1. The molecule has 0 saturated carbocycles. The predicted octanol–water partition coefficient (Wildman–Crippen LogP) is 6.18. The Hall–Kier alpha value is -2.35. The van der Waals surface area contributed by atoms with Gasteiger partial charge in [-0.25, -0.2) is 4.98 Å². The van der Waals surface area contributed by atoms with E-state index in [-0.39, 0.29) is 0 Å². The van der Waals surface area contributed by atoms with Crippen LogP contribution in [0.25, 0.3) is 11.3 Å². The number of nitrogens with one attached hydrogen (secondary N) is 1. The Kier molecular flexibility index (Phi) is 6.44. The smallest absolute Gasteiger partial charge is 0.111 e. The summed E-state index contributed by atoms with van der Waals surface area (Å²) in [7, 11) is 0. The second kappa shape index (κ2) is 9.22. The Morgan fingerprint density at radius 2 is 1.52 bits per heavy atom. The average Bonchev–Trinajstić information content (AvgIpc) is 3.12. The molecule has 3 rings (SSSR count). The number of hydrogen-bond acceptors (Lipinski definition) is 1. The number of unbranched alkanes of at least 4 members (excludes halogenated alkanes) is 4. The fraction of sp³-hybridized carbons (Fsp3) is 0.348. The molecule has 0 aliphatic rings. The Labute approximate surface area is 151 Å². The zero-order chi connectivity index (χ0) is 17.3. The van der Waals surface area contributed by atoms with E-state index in [1.165, 1.54) is 49.7 Å². The van der Waals surface area contributed by atoms with Crippen LogP contribution < -0.4 is 0 Å². The molecule has 0 fully saturated rings. The Morgan fingerprint density at radius 1 is 0.800 bits per heavy atom. The molecule has 1 aromatic heterocycles. The Morgan fingerprint density at radius 3 is 2.28 bits per heavy atom. The summed E-state index contributed by atoms with van der Waals surface area (Å²) in [6.07, 6.45) is 10.8. The van der Waals surface area contributed by atoms with E-state index in [1.807, 2.05) is 24.4 Å². The van der Waals surface area contributed by atoms with Crippen LogP contribution in [0.4, 0.5) is 0 Å². The van der Waals surface area contributed by atoms with Crippen molar-refractivity contribution < 1.29 is 0 Å². The number of benzene rings is 2. The van der Waals surface area contributed by atoms with Crippen molar-refractivity contribution in [3.05, 3.63) is 77.7 Å². The molecule has 2 heteroatoms. The first kappa shape index (κ1) is 17.5. The summed E-state index contributed by atoms with van der Waals surface area (Å²) in [6, 6.07) is 19.3. The van der Waals surface area contributed by atoms with Gasteiger partial charge in [0.1, 0.15) is 5.82 Å². The monoisotopic (exact) mass is 332 g/mol. The summed E-state index contributed by atoms with van der Waals surface area (Å²) in [5.74, 6) is 1.02. The average molecular weight is 332 g/mol. The third-order valence-electron chi connectivity index (χ3n) is 4.66.